The number of methoxy groups -OCH3 is 2. The third-order valence-corrected chi connectivity index (χ3v) is 13.6. The summed E-state index contributed by atoms with van der Waals surface area (Å²) in [5.41, 5.74) is 0.768. The van der Waals surface area contributed by atoms with E-state index in [2.05, 4.69) is 10.6 Å². The first-order chi connectivity index (χ1) is 28.5. The second kappa shape index (κ2) is 24.7. The molecule has 0 aromatic heterocycles. The van der Waals surface area contributed by atoms with Crippen molar-refractivity contribution in [3.8, 4) is 0 Å². The average molecular weight is 880 g/mol. The van der Waals surface area contributed by atoms with E-state index >= 15 is 0 Å². The summed E-state index contributed by atoms with van der Waals surface area (Å²) in [6, 6.07) is 5.08. The highest BCUT2D eigenvalue weighted by molar-refractivity contribution is 8.01. The number of benzene rings is 1. The lowest BCUT2D eigenvalue weighted by Crippen LogP contribution is -2.60. The normalized spacial score (nSPS) is 18.6. The summed E-state index contributed by atoms with van der Waals surface area (Å²) in [7, 11) is 3.94. The molecule has 1 heterocycles. The third-order valence-electron chi connectivity index (χ3n) is 12.2. The van der Waals surface area contributed by atoms with Crippen molar-refractivity contribution in [1.29, 1.82) is 0 Å². The first-order valence-electron chi connectivity index (χ1n) is 21.8. The van der Waals surface area contributed by atoms with E-state index in [4.69, 9.17) is 9.47 Å². The van der Waals surface area contributed by atoms with E-state index in [0.29, 0.717) is 38.0 Å². The molecule has 348 valence electrons. The minimum absolute atomic E-state index is 0.0681. The molecule has 5 unspecified atom stereocenters. The number of hydrogen-bond donors (Lipinski definition) is 4. The van der Waals surface area contributed by atoms with Crippen LogP contribution < -0.4 is 10.6 Å². The van der Waals surface area contributed by atoms with Crippen LogP contribution in [0, 0.1) is 23.7 Å². The van der Waals surface area contributed by atoms with Crippen LogP contribution in [0.4, 0.5) is 0 Å². The molecule has 0 radical (unpaired) electrons. The van der Waals surface area contributed by atoms with Crippen LogP contribution in [0.1, 0.15) is 92.6 Å². The van der Waals surface area contributed by atoms with Gasteiger partial charge in [-0.3, -0.25) is 28.2 Å². The summed E-state index contributed by atoms with van der Waals surface area (Å²) in [6.45, 7) is 13.4. The molecule has 1 aromatic carbocycles. The molecular weight excluding hydrogens is 803 g/mol. The highest BCUT2D eigenvalue weighted by atomic mass is 32.2. The van der Waals surface area contributed by atoms with E-state index in [9.17, 15) is 38.1 Å². The Hall–Kier alpha value is -3.89. The minimum Gasteiger partial charge on any atom is -0.480 e. The third kappa shape index (κ3) is 15.5. The van der Waals surface area contributed by atoms with Crippen LogP contribution >= 0.6 is 0 Å². The number of thiol groups is 1. The molecule has 61 heavy (non-hydrogen) atoms. The number of aliphatic carboxylic acids is 1. The number of amides is 5. The van der Waals surface area contributed by atoms with E-state index in [-0.39, 0.29) is 54.7 Å². The van der Waals surface area contributed by atoms with Gasteiger partial charge in [0.05, 0.1) is 36.6 Å². The maximum atomic E-state index is 14.5. The highest BCUT2D eigenvalue weighted by Gasteiger charge is 2.43. The van der Waals surface area contributed by atoms with Gasteiger partial charge in [-0.2, -0.15) is 0 Å². The number of likely N-dealkylation sites (tertiary alicyclic amines) is 1. The SMILES string of the molecule is CCC(C)C([C@@H](CC(=O)N1CCC[C@H]1C(OC)C(C)C(=O)N[C@@H](Cc1ccccc1)C(=O)O)OC)N(C)C(=O)[C@@H](NC(=O)C(C(C)C)N(C)C(=O)CCC[SH](C)(C)=O)C(C)C. The predicted molar refractivity (Wildman–Crippen MR) is 239 cm³/mol. The summed E-state index contributed by atoms with van der Waals surface area (Å²) in [6.07, 6.45) is 4.48. The molecule has 1 fully saturated rings. The molecule has 0 aliphatic carbocycles. The molecule has 5 amide bonds. The van der Waals surface area contributed by atoms with Gasteiger partial charge in [-0.05, 0) is 55.1 Å². The summed E-state index contributed by atoms with van der Waals surface area (Å²) in [4.78, 5) is 86.3. The van der Waals surface area contributed by atoms with Crippen molar-refractivity contribution in [3.63, 3.8) is 0 Å². The van der Waals surface area contributed by atoms with E-state index in [1.807, 2.05) is 47.6 Å². The van der Waals surface area contributed by atoms with Crippen LogP contribution in [0.15, 0.2) is 30.3 Å². The molecular formula is C45H77N5O10S. The van der Waals surface area contributed by atoms with Crippen LogP contribution in [0.5, 0.6) is 0 Å². The number of nitrogens with one attached hydrogen (secondary N) is 2. The van der Waals surface area contributed by atoms with E-state index < -0.39 is 76.1 Å². The number of carbonyl (C=O) groups is 6. The Kier molecular flexibility index (Phi) is 21.5. The Labute approximate surface area is 365 Å². The second-order valence-electron chi connectivity index (χ2n) is 18.0. The molecule has 15 nitrogen and oxygen atoms in total. The molecule has 0 saturated carbocycles. The molecule has 9 atom stereocenters. The molecule has 1 aromatic rings. The van der Waals surface area contributed by atoms with Gasteiger partial charge in [0.15, 0.2) is 0 Å². The first kappa shape index (κ1) is 53.2. The van der Waals surface area contributed by atoms with Gasteiger partial charge >= 0.3 is 5.97 Å². The van der Waals surface area contributed by atoms with Gasteiger partial charge in [0.25, 0.3) is 0 Å². The molecule has 0 spiro atoms. The number of carboxylic acid groups (broad SMARTS) is 1. The van der Waals surface area contributed by atoms with E-state index in [1.54, 1.807) is 67.6 Å². The fourth-order valence-electron chi connectivity index (χ4n) is 8.50. The Balaban J connectivity index is 2.28. The van der Waals surface area contributed by atoms with Crippen molar-refractivity contribution in [3.05, 3.63) is 35.9 Å². The monoisotopic (exact) mass is 880 g/mol. The van der Waals surface area contributed by atoms with Crippen LogP contribution in [0.3, 0.4) is 0 Å². The van der Waals surface area contributed by atoms with Crippen molar-refractivity contribution in [1.82, 2.24) is 25.3 Å². The quantitative estimate of drug-likeness (QED) is 0.106. The number of likely N-dealkylation sites (N-methyl/N-ethyl adjacent to an activating group) is 2. The number of carbonyl (C=O) groups excluding carboxylic acids is 5. The molecule has 2 rings (SSSR count). The molecule has 1 saturated heterocycles. The van der Waals surface area contributed by atoms with Crippen molar-refractivity contribution < 1.29 is 47.6 Å². The lowest BCUT2D eigenvalue weighted by molar-refractivity contribution is -0.149. The van der Waals surface area contributed by atoms with E-state index in [1.165, 1.54) is 19.1 Å². The van der Waals surface area contributed by atoms with Gasteiger partial charge < -0.3 is 39.9 Å². The number of hydrogen-bond acceptors (Lipinski definition) is 9. The zero-order chi connectivity index (χ0) is 46.4. The largest absolute Gasteiger partial charge is 0.480 e. The maximum absolute atomic E-state index is 14.5. The summed E-state index contributed by atoms with van der Waals surface area (Å²) in [5, 5.41) is 15.5. The molecule has 1 aliphatic heterocycles. The molecule has 3 N–H and O–H groups in total. The van der Waals surface area contributed by atoms with Crippen molar-refractivity contribution in [2.45, 2.75) is 136 Å². The van der Waals surface area contributed by atoms with E-state index in [0.717, 1.165) is 5.56 Å². The average Bonchev–Trinajstić information content (AvgIpc) is 3.68. The highest BCUT2D eigenvalue weighted by Crippen LogP contribution is 2.30. The lowest BCUT2D eigenvalue weighted by Gasteiger charge is -2.41. The van der Waals surface area contributed by atoms with Gasteiger partial charge in [0.1, 0.15) is 18.1 Å². The van der Waals surface area contributed by atoms with Crippen LogP contribution in [0.25, 0.3) is 0 Å². The molecule has 0 bridgehead atoms. The molecule has 1 aliphatic rings. The predicted octanol–water partition coefficient (Wildman–Crippen LogP) is 3.40. The topological polar surface area (TPSA) is 192 Å². The van der Waals surface area contributed by atoms with Gasteiger partial charge in [0.2, 0.25) is 29.5 Å². The lowest BCUT2D eigenvalue weighted by atomic mass is 9.89. The summed E-state index contributed by atoms with van der Waals surface area (Å²) < 4.78 is 24.1. The number of ether oxygens (including phenoxy) is 2. The van der Waals surface area contributed by atoms with Gasteiger partial charge in [-0.1, -0.05) is 85.2 Å². The Morgan fingerprint density at radius 2 is 1.52 bits per heavy atom. The summed E-state index contributed by atoms with van der Waals surface area (Å²) in [5.74, 6) is -3.98. The maximum Gasteiger partial charge on any atom is 0.326 e. The minimum atomic E-state index is -2.29. The fraction of sp³-hybridized carbons (Fsp3) is 0.733. The Bertz CT molecular complexity index is 1650. The van der Waals surface area contributed by atoms with Gasteiger partial charge in [0, 0.05) is 53.5 Å². The van der Waals surface area contributed by atoms with Crippen LogP contribution in [0.2, 0.25) is 0 Å². The van der Waals surface area contributed by atoms with Crippen molar-refractivity contribution in [2.75, 3.05) is 53.1 Å². The van der Waals surface area contributed by atoms with Crippen molar-refractivity contribution >= 4 is 45.4 Å². The van der Waals surface area contributed by atoms with Gasteiger partial charge in [-0.25, -0.2) is 4.79 Å². The zero-order valence-electron chi connectivity index (χ0n) is 39.0. The van der Waals surface area contributed by atoms with Crippen molar-refractivity contribution in [2.24, 2.45) is 23.7 Å². The second-order valence-corrected chi connectivity index (χ2v) is 21.6. The van der Waals surface area contributed by atoms with Gasteiger partial charge in [-0.15, -0.1) is 9.93 Å². The number of rotatable bonds is 25. The Morgan fingerprint density at radius 3 is 2.03 bits per heavy atom. The smallest absolute Gasteiger partial charge is 0.326 e. The number of carboxylic acids is 1. The number of nitrogens with zero attached hydrogens (tertiary/aromatic N) is 3. The fourth-order valence-corrected chi connectivity index (χ4v) is 9.42. The molecule has 16 heteroatoms. The Morgan fingerprint density at radius 1 is 0.902 bits per heavy atom. The zero-order valence-corrected chi connectivity index (χ0v) is 39.9. The standard InChI is InChI=1S/C45H77N5O10S/c1-14-30(6)40(49(9)44(55)38(28(2)3)47-43(54)39(29(4)5)48(8)36(51)23-19-25-61(12,13)58)35(59-10)27-37(52)50-24-18-22-34(50)41(60-11)31(7)42(53)46-33(45(56)57)26-32-20-16-15-17-21-32/h15-17,20-21,28-31,33-35,38-41,61H,14,18-19,22-27H2,1-13H3,(H,46,53)(H,47,54)(H,56,57)/t30?,31?,33-,34-,35+,38-,39?,40?,41?/m0/s1. The van der Waals surface area contributed by atoms with Crippen LogP contribution in [-0.2, 0) is 54.6 Å². The van der Waals surface area contributed by atoms with Crippen LogP contribution in [-0.4, -0.2) is 155 Å². The summed E-state index contributed by atoms with van der Waals surface area (Å²) >= 11 is 0. The first-order valence-corrected chi connectivity index (χ1v) is 24.6.